The summed E-state index contributed by atoms with van der Waals surface area (Å²) in [5, 5.41) is 17.4. The molecule has 1 aliphatic rings. The van der Waals surface area contributed by atoms with E-state index in [1.54, 1.807) is 9.58 Å². The minimum absolute atomic E-state index is 0.105. The molecule has 2 atom stereocenters. The van der Waals surface area contributed by atoms with Gasteiger partial charge in [0.2, 0.25) is 11.8 Å². The van der Waals surface area contributed by atoms with Crippen molar-refractivity contribution in [1.82, 2.24) is 20.0 Å². The standard InChI is InChI=1S/C20H26N4O3/c1-14-8-15(2)24(22-14)13-20(27)23-11-17(10-18(25)12-23)21-19(26)9-16-6-4-3-5-7-16/h3-8,17-18,25H,9-13H2,1-2H3,(H,21,26)/t17-,18+/m0/s1. The Balaban J connectivity index is 1.57. The Kier molecular flexibility index (Phi) is 5.91. The number of β-amino-alcohol motifs (C(OH)–C–C–N with tert-alkyl or cyclic N) is 1. The fourth-order valence-corrected chi connectivity index (χ4v) is 3.50. The number of aryl methyl sites for hydroxylation is 2. The number of carbonyl (C=O) groups excluding carboxylic acids is 2. The van der Waals surface area contributed by atoms with Gasteiger partial charge in [-0.05, 0) is 31.9 Å². The highest BCUT2D eigenvalue weighted by molar-refractivity contribution is 5.79. The smallest absolute Gasteiger partial charge is 0.244 e. The van der Waals surface area contributed by atoms with E-state index in [9.17, 15) is 14.7 Å². The Morgan fingerprint density at radius 1 is 1.22 bits per heavy atom. The van der Waals surface area contributed by atoms with E-state index in [2.05, 4.69) is 10.4 Å². The summed E-state index contributed by atoms with van der Waals surface area (Å²) in [4.78, 5) is 26.5. The fraction of sp³-hybridized carbons (Fsp3) is 0.450. The summed E-state index contributed by atoms with van der Waals surface area (Å²) in [6, 6.07) is 11.2. The van der Waals surface area contributed by atoms with Gasteiger partial charge in [-0.1, -0.05) is 30.3 Å². The maximum atomic E-state index is 12.6. The summed E-state index contributed by atoms with van der Waals surface area (Å²) >= 11 is 0. The molecule has 2 amide bonds. The lowest BCUT2D eigenvalue weighted by molar-refractivity contribution is -0.137. The molecule has 0 aliphatic carbocycles. The molecule has 7 nitrogen and oxygen atoms in total. The maximum Gasteiger partial charge on any atom is 0.244 e. The Morgan fingerprint density at radius 2 is 1.96 bits per heavy atom. The van der Waals surface area contributed by atoms with Crippen LogP contribution in [-0.2, 0) is 22.6 Å². The third-order valence-electron chi connectivity index (χ3n) is 4.74. The number of hydrogen-bond donors (Lipinski definition) is 2. The summed E-state index contributed by atoms with van der Waals surface area (Å²) in [7, 11) is 0. The number of aliphatic hydroxyl groups is 1. The molecule has 1 aliphatic heterocycles. The van der Waals surface area contributed by atoms with Crippen LogP contribution in [0.1, 0.15) is 23.4 Å². The van der Waals surface area contributed by atoms with Crippen molar-refractivity contribution in [2.75, 3.05) is 13.1 Å². The Hall–Kier alpha value is -2.67. The van der Waals surface area contributed by atoms with E-state index in [1.807, 2.05) is 50.2 Å². The number of rotatable bonds is 5. The summed E-state index contributed by atoms with van der Waals surface area (Å²) in [6.07, 6.45) is 0.0855. The monoisotopic (exact) mass is 370 g/mol. The number of nitrogens with zero attached hydrogens (tertiary/aromatic N) is 3. The third-order valence-corrected chi connectivity index (χ3v) is 4.74. The van der Waals surface area contributed by atoms with Crippen molar-refractivity contribution in [3.8, 4) is 0 Å². The molecule has 2 N–H and O–H groups in total. The normalized spacial score (nSPS) is 19.7. The molecule has 2 aromatic rings. The zero-order valence-electron chi connectivity index (χ0n) is 15.8. The number of nitrogens with one attached hydrogen (secondary N) is 1. The average Bonchev–Trinajstić information content (AvgIpc) is 2.92. The van der Waals surface area contributed by atoms with Gasteiger partial charge < -0.3 is 15.3 Å². The minimum Gasteiger partial charge on any atom is -0.391 e. The summed E-state index contributed by atoms with van der Waals surface area (Å²) in [5.41, 5.74) is 2.72. The topological polar surface area (TPSA) is 87.5 Å². The van der Waals surface area contributed by atoms with Gasteiger partial charge in [0, 0.05) is 24.8 Å². The van der Waals surface area contributed by atoms with Crippen molar-refractivity contribution >= 4 is 11.8 Å². The number of likely N-dealkylation sites (tertiary alicyclic amines) is 1. The van der Waals surface area contributed by atoms with E-state index in [0.717, 1.165) is 17.0 Å². The highest BCUT2D eigenvalue weighted by atomic mass is 16.3. The fourth-order valence-electron chi connectivity index (χ4n) is 3.50. The molecule has 0 bridgehead atoms. The second-order valence-corrected chi connectivity index (χ2v) is 7.20. The van der Waals surface area contributed by atoms with Crippen LogP contribution in [0.4, 0.5) is 0 Å². The predicted molar refractivity (Wildman–Crippen MR) is 101 cm³/mol. The van der Waals surface area contributed by atoms with Crippen LogP contribution in [0.15, 0.2) is 36.4 Å². The van der Waals surface area contributed by atoms with Crippen LogP contribution < -0.4 is 5.32 Å². The predicted octanol–water partition coefficient (Wildman–Crippen LogP) is 0.821. The maximum absolute atomic E-state index is 12.6. The molecule has 0 unspecified atom stereocenters. The Bertz CT molecular complexity index is 803. The zero-order chi connectivity index (χ0) is 19.4. The van der Waals surface area contributed by atoms with E-state index < -0.39 is 6.10 Å². The van der Waals surface area contributed by atoms with Gasteiger partial charge in [0.25, 0.3) is 0 Å². The summed E-state index contributed by atoms with van der Waals surface area (Å²) < 4.78 is 1.67. The molecule has 1 saturated heterocycles. The van der Waals surface area contributed by atoms with Crippen LogP contribution in [0.2, 0.25) is 0 Å². The Labute approximate surface area is 159 Å². The first-order valence-electron chi connectivity index (χ1n) is 9.21. The zero-order valence-corrected chi connectivity index (χ0v) is 15.8. The van der Waals surface area contributed by atoms with Crippen molar-refractivity contribution in [2.24, 2.45) is 0 Å². The SMILES string of the molecule is Cc1cc(C)n(CC(=O)N2C[C@H](O)C[C@H](NC(=O)Cc3ccccc3)C2)n1. The lowest BCUT2D eigenvalue weighted by atomic mass is 10.0. The van der Waals surface area contributed by atoms with E-state index in [0.29, 0.717) is 13.0 Å². The molecule has 1 fully saturated rings. The number of amides is 2. The van der Waals surface area contributed by atoms with Crippen molar-refractivity contribution in [3.05, 3.63) is 53.3 Å². The van der Waals surface area contributed by atoms with Gasteiger partial charge in [0.05, 0.1) is 18.2 Å². The molecule has 3 rings (SSSR count). The first kappa shape index (κ1) is 19.1. The minimum atomic E-state index is -0.648. The van der Waals surface area contributed by atoms with Crippen LogP contribution in [0.3, 0.4) is 0 Å². The molecule has 0 radical (unpaired) electrons. The largest absolute Gasteiger partial charge is 0.391 e. The van der Waals surface area contributed by atoms with Gasteiger partial charge in [-0.25, -0.2) is 0 Å². The van der Waals surface area contributed by atoms with Crippen molar-refractivity contribution in [2.45, 2.75) is 45.4 Å². The van der Waals surface area contributed by atoms with Crippen LogP contribution in [0.25, 0.3) is 0 Å². The van der Waals surface area contributed by atoms with E-state index in [4.69, 9.17) is 0 Å². The van der Waals surface area contributed by atoms with Gasteiger partial charge in [-0.15, -0.1) is 0 Å². The molecule has 1 aromatic heterocycles. The first-order valence-corrected chi connectivity index (χ1v) is 9.21. The van der Waals surface area contributed by atoms with E-state index in [-0.39, 0.29) is 37.4 Å². The molecule has 27 heavy (non-hydrogen) atoms. The van der Waals surface area contributed by atoms with Gasteiger partial charge in [-0.3, -0.25) is 14.3 Å². The van der Waals surface area contributed by atoms with Gasteiger partial charge in [-0.2, -0.15) is 5.10 Å². The van der Waals surface area contributed by atoms with Crippen molar-refractivity contribution < 1.29 is 14.7 Å². The lowest BCUT2D eigenvalue weighted by Gasteiger charge is -2.36. The number of carbonyl (C=O) groups is 2. The van der Waals surface area contributed by atoms with Gasteiger partial charge in [0.15, 0.2) is 0 Å². The molecule has 2 heterocycles. The molecule has 7 heteroatoms. The van der Waals surface area contributed by atoms with Crippen LogP contribution in [0, 0.1) is 13.8 Å². The lowest BCUT2D eigenvalue weighted by Crippen LogP contribution is -2.55. The Morgan fingerprint density at radius 3 is 2.63 bits per heavy atom. The van der Waals surface area contributed by atoms with E-state index >= 15 is 0 Å². The van der Waals surface area contributed by atoms with Crippen molar-refractivity contribution in [1.29, 1.82) is 0 Å². The molecule has 144 valence electrons. The van der Waals surface area contributed by atoms with E-state index in [1.165, 1.54) is 0 Å². The third kappa shape index (κ3) is 5.17. The highest BCUT2D eigenvalue weighted by Crippen LogP contribution is 2.13. The van der Waals surface area contributed by atoms with Gasteiger partial charge >= 0.3 is 0 Å². The number of aliphatic hydroxyl groups excluding tert-OH is 1. The summed E-state index contributed by atoms with van der Waals surface area (Å²) in [6.45, 7) is 4.61. The molecule has 0 saturated carbocycles. The number of hydrogen-bond acceptors (Lipinski definition) is 4. The number of benzene rings is 1. The van der Waals surface area contributed by atoms with Crippen LogP contribution in [0.5, 0.6) is 0 Å². The molecular weight excluding hydrogens is 344 g/mol. The number of aromatic nitrogens is 2. The van der Waals surface area contributed by atoms with Crippen molar-refractivity contribution in [3.63, 3.8) is 0 Å². The second-order valence-electron chi connectivity index (χ2n) is 7.20. The van der Waals surface area contributed by atoms with Crippen LogP contribution >= 0.6 is 0 Å². The number of piperidine rings is 1. The average molecular weight is 370 g/mol. The quantitative estimate of drug-likeness (QED) is 0.816. The molecule has 1 aromatic carbocycles. The van der Waals surface area contributed by atoms with Gasteiger partial charge in [0.1, 0.15) is 6.54 Å². The molecule has 0 spiro atoms. The first-order chi connectivity index (χ1) is 12.9. The summed E-state index contributed by atoms with van der Waals surface area (Å²) in [5.74, 6) is -0.214. The van der Waals surface area contributed by atoms with Crippen LogP contribution in [-0.4, -0.2) is 56.8 Å². The highest BCUT2D eigenvalue weighted by Gasteiger charge is 2.30. The molecular formula is C20H26N4O3. The second kappa shape index (κ2) is 8.35.